The molecule has 0 aliphatic heterocycles. The van der Waals surface area contributed by atoms with Gasteiger partial charge in [0.1, 0.15) is 5.60 Å². The van der Waals surface area contributed by atoms with Crippen LogP contribution in [0.25, 0.3) is 0 Å². The zero-order valence-electron chi connectivity index (χ0n) is 9.17. The van der Waals surface area contributed by atoms with E-state index in [0.717, 1.165) is 12.8 Å². The van der Waals surface area contributed by atoms with E-state index in [9.17, 15) is 4.79 Å². The number of ether oxygens (including phenoxy) is 1. The van der Waals surface area contributed by atoms with Crippen molar-refractivity contribution in [1.29, 1.82) is 0 Å². The highest BCUT2D eigenvalue weighted by Crippen LogP contribution is 2.30. The van der Waals surface area contributed by atoms with E-state index in [0.29, 0.717) is 18.5 Å². The molecule has 0 heterocycles. The standard InChI is InChI=1S/C10H20N2O2/c1-10(2,3)14-9(13)12-5-4-7-6-8(7)11/h7-8H,4-6,11H2,1-3H3,(H,12,13). The fourth-order valence-electron chi connectivity index (χ4n) is 1.28. The summed E-state index contributed by atoms with van der Waals surface area (Å²) in [6, 6.07) is 0.357. The van der Waals surface area contributed by atoms with Crippen LogP contribution in [0.5, 0.6) is 0 Å². The Kier molecular flexibility index (Phi) is 3.37. The quantitative estimate of drug-likeness (QED) is 0.720. The van der Waals surface area contributed by atoms with E-state index in [4.69, 9.17) is 10.5 Å². The lowest BCUT2D eigenvalue weighted by atomic mass is 10.2. The summed E-state index contributed by atoms with van der Waals surface area (Å²) in [6.45, 7) is 6.21. The Balaban J connectivity index is 2.03. The highest BCUT2D eigenvalue weighted by atomic mass is 16.6. The van der Waals surface area contributed by atoms with Crippen molar-refractivity contribution in [3.63, 3.8) is 0 Å². The molecule has 1 fully saturated rings. The first-order valence-corrected chi connectivity index (χ1v) is 5.11. The molecule has 0 saturated heterocycles. The molecule has 1 saturated carbocycles. The lowest BCUT2D eigenvalue weighted by Crippen LogP contribution is -2.33. The van der Waals surface area contributed by atoms with Crippen LogP contribution in [-0.4, -0.2) is 24.3 Å². The van der Waals surface area contributed by atoms with Gasteiger partial charge in [-0.05, 0) is 39.5 Å². The minimum atomic E-state index is -0.417. The third-order valence-corrected chi connectivity index (χ3v) is 2.16. The van der Waals surface area contributed by atoms with Gasteiger partial charge in [-0.3, -0.25) is 0 Å². The first-order chi connectivity index (χ1) is 6.38. The van der Waals surface area contributed by atoms with Crippen LogP contribution in [0.3, 0.4) is 0 Å². The molecule has 4 nitrogen and oxygen atoms in total. The van der Waals surface area contributed by atoms with E-state index >= 15 is 0 Å². The van der Waals surface area contributed by atoms with Crippen LogP contribution in [0, 0.1) is 5.92 Å². The zero-order chi connectivity index (χ0) is 10.8. The second-order valence-corrected chi connectivity index (χ2v) is 4.88. The van der Waals surface area contributed by atoms with Crippen molar-refractivity contribution in [2.45, 2.75) is 45.3 Å². The average Bonchev–Trinajstić information content (AvgIpc) is 2.62. The molecule has 0 bridgehead atoms. The summed E-state index contributed by atoms with van der Waals surface area (Å²) >= 11 is 0. The summed E-state index contributed by atoms with van der Waals surface area (Å²) in [4.78, 5) is 11.2. The van der Waals surface area contributed by atoms with Crippen molar-refractivity contribution in [2.24, 2.45) is 11.7 Å². The van der Waals surface area contributed by atoms with Crippen LogP contribution in [0.4, 0.5) is 4.79 Å². The van der Waals surface area contributed by atoms with Gasteiger partial charge in [0.15, 0.2) is 0 Å². The molecule has 0 radical (unpaired) electrons. The van der Waals surface area contributed by atoms with Crippen molar-refractivity contribution in [3.05, 3.63) is 0 Å². The molecule has 14 heavy (non-hydrogen) atoms. The highest BCUT2D eigenvalue weighted by molar-refractivity contribution is 5.67. The second-order valence-electron chi connectivity index (χ2n) is 4.88. The van der Waals surface area contributed by atoms with Gasteiger partial charge in [0, 0.05) is 12.6 Å². The van der Waals surface area contributed by atoms with Crippen LogP contribution in [0.15, 0.2) is 0 Å². The number of alkyl carbamates (subject to hydrolysis) is 1. The molecular formula is C10H20N2O2. The van der Waals surface area contributed by atoms with Gasteiger partial charge in [0.2, 0.25) is 0 Å². The predicted octanol–water partition coefficient (Wildman–Crippen LogP) is 1.25. The summed E-state index contributed by atoms with van der Waals surface area (Å²) in [7, 11) is 0. The van der Waals surface area contributed by atoms with Crippen molar-refractivity contribution in [3.8, 4) is 0 Å². The van der Waals surface area contributed by atoms with E-state index < -0.39 is 5.60 Å². The molecule has 0 aromatic rings. The average molecular weight is 200 g/mol. The van der Waals surface area contributed by atoms with Crippen molar-refractivity contribution >= 4 is 6.09 Å². The van der Waals surface area contributed by atoms with Crippen molar-refractivity contribution in [2.75, 3.05) is 6.54 Å². The number of amides is 1. The molecule has 4 heteroatoms. The summed E-state index contributed by atoms with van der Waals surface area (Å²) in [5.74, 6) is 0.602. The molecule has 1 aliphatic rings. The topological polar surface area (TPSA) is 64.3 Å². The predicted molar refractivity (Wildman–Crippen MR) is 54.9 cm³/mol. The number of nitrogens with one attached hydrogen (secondary N) is 1. The molecule has 0 aromatic heterocycles. The van der Waals surface area contributed by atoms with Gasteiger partial charge in [0.05, 0.1) is 0 Å². The highest BCUT2D eigenvalue weighted by Gasteiger charge is 2.32. The largest absolute Gasteiger partial charge is 0.444 e. The Labute approximate surface area is 85.2 Å². The lowest BCUT2D eigenvalue weighted by molar-refractivity contribution is 0.0526. The maximum atomic E-state index is 11.2. The number of hydrogen-bond donors (Lipinski definition) is 2. The van der Waals surface area contributed by atoms with E-state index in [1.165, 1.54) is 0 Å². The molecule has 3 N–H and O–H groups in total. The van der Waals surface area contributed by atoms with E-state index in [1.54, 1.807) is 0 Å². The summed E-state index contributed by atoms with van der Waals surface area (Å²) in [6.07, 6.45) is 1.71. The second kappa shape index (κ2) is 4.17. The van der Waals surface area contributed by atoms with Crippen LogP contribution in [0.2, 0.25) is 0 Å². The molecule has 1 rings (SSSR count). The SMILES string of the molecule is CC(C)(C)OC(=O)NCCC1CC1N. The summed E-state index contributed by atoms with van der Waals surface area (Å²) in [5, 5.41) is 2.71. The smallest absolute Gasteiger partial charge is 0.407 e. The normalized spacial score (nSPS) is 25.7. The van der Waals surface area contributed by atoms with Crippen LogP contribution >= 0.6 is 0 Å². The molecule has 2 atom stereocenters. The maximum absolute atomic E-state index is 11.2. The fourth-order valence-corrected chi connectivity index (χ4v) is 1.28. The van der Waals surface area contributed by atoms with Crippen LogP contribution in [0.1, 0.15) is 33.6 Å². The van der Waals surface area contributed by atoms with E-state index in [1.807, 2.05) is 20.8 Å². The minimum absolute atomic E-state index is 0.341. The first kappa shape index (κ1) is 11.3. The van der Waals surface area contributed by atoms with Crippen LogP contribution < -0.4 is 11.1 Å². The number of hydrogen-bond acceptors (Lipinski definition) is 3. The van der Waals surface area contributed by atoms with Gasteiger partial charge < -0.3 is 15.8 Å². The Bertz CT molecular complexity index is 211. The Morgan fingerprint density at radius 2 is 2.14 bits per heavy atom. The fraction of sp³-hybridized carbons (Fsp3) is 0.900. The van der Waals surface area contributed by atoms with Gasteiger partial charge in [-0.1, -0.05) is 0 Å². The Morgan fingerprint density at radius 1 is 1.57 bits per heavy atom. The molecule has 0 spiro atoms. The molecule has 82 valence electrons. The number of carbonyl (C=O) groups is 1. The van der Waals surface area contributed by atoms with Gasteiger partial charge in [-0.15, -0.1) is 0 Å². The van der Waals surface area contributed by atoms with Crippen molar-refractivity contribution < 1.29 is 9.53 Å². The maximum Gasteiger partial charge on any atom is 0.407 e. The Morgan fingerprint density at radius 3 is 2.57 bits per heavy atom. The summed E-state index contributed by atoms with van der Waals surface area (Å²) < 4.78 is 5.09. The van der Waals surface area contributed by atoms with Gasteiger partial charge in [-0.25, -0.2) is 4.79 Å². The number of carbonyl (C=O) groups excluding carboxylic acids is 1. The van der Waals surface area contributed by atoms with Crippen molar-refractivity contribution in [1.82, 2.24) is 5.32 Å². The number of rotatable bonds is 3. The van der Waals surface area contributed by atoms with Gasteiger partial charge in [0.25, 0.3) is 0 Å². The summed E-state index contributed by atoms with van der Waals surface area (Å²) in [5.41, 5.74) is 5.22. The van der Waals surface area contributed by atoms with Gasteiger partial charge >= 0.3 is 6.09 Å². The third-order valence-electron chi connectivity index (χ3n) is 2.16. The molecular weight excluding hydrogens is 180 g/mol. The molecule has 1 aliphatic carbocycles. The van der Waals surface area contributed by atoms with E-state index in [2.05, 4.69) is 5.32 Å². The number of nitrogens with two attached hydrogens (primary N) is 1. The van der Waals surface area contributed by atoms with Crippen LogP contribution in [-0.2, 0) is 4.74 Å². The zero-order valence-corrected chi connectivity index (χ0v) is 9.17. The molecule has 2 unspecified atom stereocenters. The van der Waals surface area contributed by atoms with Gasteiger partial charge in [-0.2, -0.15) is 0 Å². The Hall–Kier alpha value is -0.770. The third kappa shape index (κ3) is 4.46. The lowest BCUT2D eigenvalue weighted by Gasteiger charge is -2.19. The minimum Gasteiger partial charge on any atom is -0.444 e. The molecule has 1 amide bonds. The first-order valence-electron chi connectivity index (χ1n) is 5.11. The monoisotopic (exact) mass is 200 g/mol. The van der Waals surface area contributed by atoms with E-state index in [-0.39, 0.29) is 6.09 Å². The molecule has 0 aromatic carbocycles.